The summed E-state index contributed by atoms with van der Waals surface area (Å²) in [4.78, 5) is 13.8. The second kappa shape index (κ2) is 4.53. The van der Waals surface area contributed by atoms with Crippen LogP contribution in [0.1, 0.15) is 23.2 Å². The van der Waals surface area contributed by atoms with E-state index in [4.69, 9.17) is 5.73 Å². The molecule has 4 heteroatoms. The molecule has 1 fully saturated rings. The summed E-state index contributed by atoms with van der Waals surface area (Å²) < 4.78 is 0. The molecule has 16 heavy (non-hydrogen) atoms. The van der Waals surface area contributed by atoms with E-state index in [1.807, 2.05) is 0 Å². The highest BCUT2D eigenvalue weighted by atomic mass is 16.3. The SMILES string of the molecule is NC1CCN(C(=O)c2cccc(O)c2)CC1. The summed E-state index contributed by atoms with van der Waals surface area (Å²) in [5, 5.41) is 9.31. The first-order valence-electron chi connectivity index (χ1n) is 5.50. The Labute approximate surface area is 94.7 Å². The number of rotatable bonds is 1. The van der Waals surface area contributed by atoms with Gasteiger partial charge in [0.2, 0.25) is 0 Å². The summed E-state index contributed by atoms with van der Waals surface area (Å²) in [6.07, 6.45) is 1.70. The fourth-order valence-electron chi connectivity index (χ4n) is 1.92. The first-order valence-corrected chi connectivity index (χ1v) is 5.50. The topological polar surface area (TPSA) is 66.6 Å². The van der Waals surface area contributed by atoms with Crippen molar-refractivity contribution in [3.05, 3.63) is 29.8 Å². The molecule has 0 bridgehead atoms. The molecule has 1 aliphatic heterocycles. The monoisotopic (exact) mass is 220 g/mol. The number of nitrogens with zero attached hydrogens (tertiary/aromatic N) is 1. The third-order valence-corrected chi connectivity index (χ3v) is 2.92. The molecule has 0 saturated carbocycles. The van der Waals surface area contributed by atoms with Crippen LogP contribution < -0.4 is 5.73 Å². The first-order chi connectivity index (χ1) is 7.66. The number of hydrogen-bond donors (Lipinski definition) is 2. The number of aromatic hydroxyl groups is 1. The molecule has 4 nitrogen and oxygen atoms in total. The van der Waals surface area contributed by atoms with E-state index < -0.39 is 0 Å². The van der Waals surface area contributed by atoms with Crippen LogP contribution in [0.2, 0.25) is 0 Å². The van der Waals surface area contributed by atoms with Gasteiger partial charge in [0.05, 0.1) is 0 Å². The molecule has 3 N–H and O–H groups in total. The van der Waals surface area contributed by atoms with Crippen LogP contribution in [0.5, 0.6) is 5.75 Å². The van der Waals surface area contributed by atoms with Crippen LogP contribution >= 0.6 is 0 Å². The Balaban J connectivity index is 2.08. The molecule has 0 atom stereocenters. The van der Waals surface area contributed by atoms with E-state index in [-0.39, 0.29) is 17.7 Å². The van der Waals surface area contributed by atoms with Crippen molar-refractivity contribution in [2.75, 3.05) is 13.1 Å². The van der Waals surface area contributed by atoms with Crippen LogP contribution in [0, 0.1) is 0 Å². The lowest BCUT2D eigenvalue weighted by Gasteiger charge is -2.30. The van der Waals surface area contributed by atoms with Gasteiger partial charge in [-0.15, -0.1) is 0 Å². The Morgan fingerprint density at radius 3 is 2.69 bits per heavy atom. The molecule has 1 heterocycles. The van der Waals surface area contributed by atoms with Gasteiger partial charge in [0.1, 0.15) is 5.75 Å². The normalized spacial score (nSPS) is 17.4. The minimum absolute atomic E-state index is 0.0252. The Hall–Kier alpha value is -1.55. The van der Waals surface area contributed by atoms with Crippen molar-refractivity contribution in [1.29, 1.82) is 0 Å². The van der Waals surface area contributed by atoms with Gasteiger partial charge in [0.25, 0.3) is 5.91 Å². The average Bonchev–Trinajstić information content (AvgIpc) is 2.29. The quantitative estimate of drug-likeness (QED) is 0.740. The molecular formula is C12H16N2O2. The van der Waals surface area contributed by atoms with Gasteiger partial charge in [-0.2, -0.15) is 0 Å². The second-order valence-corrected chi connectivity index (χ2v) is 4.18. The zero-order chi connectivity index (χ0) is 11.5. The van der Waals surface area contributed by atoms with Gasteiger partial charge in [-0.1, -0.05) is 6.07 Å². The van der Waals surface area contributed by atoms with Crippen molar-refractivity contribution >= 4 is 5.91 Å². The van der Waals surface area contributed by atoms with Crippen LogP contribution in [0.3, 0.4) is 0 Å². The number of carbonyl (C=O) groups is 1. The number of phenolic OH excluding ortho intramolecular Hbond substituents is 1. The smallest absolute Gasteiger partial charge is 0.253 e. The highest BCUT2D eigenvalue weighted by Gasteiger charge is 2.21. The van der Waals surface area contributed by atoms with Gasteiger partial charge in [-0.3, -0.25) is 4.79 Å². The van der Waals surface area contributed by atoms with Crippen LogP contribution in [0.4, 0.5) is 0 Å². The van der Waals surface area contributed by atoms with Crippen molar-refractivity contribution in [3.8, 4) is 5.75 Å². The third kappa shape index (κ3) is 2.33. The van der Waals surface area contributed by atoms with Gasteiger partial charge in [0.15, 0.2) is 0 Å². The van der Waals surface area contributed by atoms with Gasteiger partial charge in [-0.05, 0) is 31.0 Å². The molecule has 1 aliphatic rings. The Kier molecular flexibility index (Phi) is 3.10. The highest BCUT2D eigenvalue weighted by Crippen LogP contribution is 2.16. The number of hydrogen-bond acceptors (Lipinski definition) is 3. The van der Waals surface area contributed by atoms with E-state index in [9.17, 15) is 9.90 Å². The van der Waals surface area contributed by atoms with Gasteiger partial charge in [-0.25, -0.2) is 0 Å². The summed E-state index contributed by atoms with van der Waals surface area (Å²) >= 11 is 0. The van der Waals surface area contributed by atoms with E-state index in [0.29, 0.717) is 18.7 Å². The van der Waals surface area contributed by atoms with Crippen molar-refractivity contribution in [1.82, 2.24) is 4.90 Å². The molecule has 0 spiro atoms. The number of likely N-dealkylation sites (tertiary alicyclic amines) is 1. The van der Waals surface area contributed by atoms with Crippen LogP contribution in [-0.4, -0.2) is 35.0 Å². The number of piperidine rings is 1. The largest absolute Gasteiger partial charge is 0.508 e. The summed E-state index contributed by atoms with van der Waals surface area (Å²) in [5.74, 6) is 0.0994. The van der Waals surface area contributed by atoms with Gasteiger partial charge in [0, 0.05) is 24.7 Å². The number of carbonyl (C=O) groups excluding carboxylic acids is 1. The van der Waals surface area contributed by atoms with E-state index in [1.165, 1.54) is 6.07 Å². The van der Waals surface area contributed by atoms with Crippen molar-refractivity contribution < 1.29 is 9.90 Å². The number of nitrogens with two attached hydrogens (primary N) is 1. The lowest BCUT2D eigenvalue weighted by atomic mass is 10.0. The molecular weight excluding hydrogens is 204 g/mol. The van der Waals surface area contributed by atoms with E-state index >= 15 is 0 Å². The van der Waals surface area contributed by atoms with Crippen molar-refractivity contribution in [2.45, 2.75) is 18.9 Å². The molecule has 1 amide bonds. The predicted octanol–water partition coefficient (Wildman–Crippen LogP) is 0.955. The standard InChI is InChI=1S/C12H16N2O2/c13-10-4-6-14(7-5-10)12(16)9-2-1-3-11(15)8-9/h1-3,8,10,15H,4-7,13H2. The van der Waals surface area contributed by atoms with Gasteiger partial charge >= 0.3 is 0 Å². The second-order valence-electron chi connectivity index (χ2n) is 4.18. The van der Waals surface area contributed by atoms with E-state index in [2.05, 4.69) is 0 Å². The molecule has 0 aromatic heterocycles. The average molecular weight is 220 g/mol. The summed E-state index contributed by atoms with van der Waals surface area (Å²) in [6, 6.07) is 6.67. The van der Waals surface area contributed by atoms with E-state index in [1.54, 1.807) is 23.1 Å². The van der Waals surface area contributed by atoms with E-state index in [0.717, 1.165) is 12.8 Å². The molecule has 1 aromatic rings. The maximum absolute atomic E-state index is 12.0. The predicted molar refractivity (Wildman–Crippen MR) is 61.2 cm³/mol. The maximum Gasteiger partial charge on any atom is 0.253 e. The summed E-state index contributed by atoms with van der Waals surface area (Å²) in [6.45, 7) is 1.41. The molecule has 0 unspecified atom stereocenters. The fourth-order valence-corrected chi connectivity index (χ4v) is 1.92. The van der Waals surface area contributed by atoms with Crippen LogP contribution in [0.15, 0.2) is 24.3 Å². The third-order valence-electron chi connectivity index (χ3n) is 2.92. The minimum atomic E-state index is -0.0252. The fraction of sp³-hybridized carbons (Fsp3) is 0.417. The minimum Gasteiger partial charge on any atom is -0.508 e. The number of amides is 1. The Bertz CT molecular complexity index is 384. The zero-order valence-electron chi connectivity index (χ0n) is 9.10. The molecule has 1 aromatic carbocycles. The summed E-state index contributed by atoms with van der Waals surface area (Å²) in [5.41, 5.74) is 6.32. The highest BCUT2D eigenvalue weighted by molar-refractivity contribution is 5.94. The Morgan fingerprint density at radius 1 is 1.38 bits per heavy atom. The van der Waals surface area contributed by atoms with Crippen LogP contribution in [0.25, 0.3) is 0 Å². The molecule has 0 aliphatic carbocycles. The number of benzene rings is 1. The first kappa shape index (κ1) is 11.0. The molecule has 86 valence electrons. The number of phenols is 1. The van der Waals surface area contributed by atoms with Crippen molar-refractivity contribution in [2.24, 2.45) is 5.73 Å². The lowest BCUT2D eigenvalue weighted by Crippen LogP contribution is -2.42. The molecule has 2 rings (SSSR count). The lowest BCUT2D eigenvalue weighted by molar-refractivity contribution is 0.0714. The van der Waals surface area contributed by atoms with Crippen LogP contribution in [-0.2, 0) is 0 Å². The molecule has 0 radical (unpaired) electrons. The van der Waals surface area contributed by atoms with Gasteiger partial charge < -0.3 is 15.7 Å². The van der Waals surface area contributed by atoms with Crippen molar-refractivity contribution in [3.63, 3.8) is 0 Å². The summed E-state index contributed by atoms with van der Waals surface area (Å²) in [7, 11) is 0. The zero-order valence-corrected chi connectivity index (χ0v) is 9.10. The molecule has 1 saturated heterocycles. The Morgan fingerprint density at radius 2 is 2.06 bits per heavy atom. The maximum atomic E-state index is 12.0.